The molecule has 5 N–H and O–H groups in total. The topological polar surface area (TPSA) is 160 Å². The summed E-state index contributed by atoms with van der Waals surface area (Å²) in [6, 6.07) is 2.33. The Kier molecular flexibility index (Phi) is 8.33. The van der Waals surface area contributed by atoms with Gasteiger partial charge in [-0.25, -0.2) is 4.39 Å². The standard InChI is InChI=1S/C29H40FN5O6/c1-28(2,3)23(34-20(36)14-41-17-8-6-16(30)7-9-17)27(40)35-13-18-21(29(18,4)5)22(35)26(39)33-19(24(31)37)12-15-10-11-32-25(15)38/h6-9,15,18-19,21-23H,10-14H2,1-5H3,(H2,31,37)(H,32,38)(H,33,39)(H,34,36)/t15-,18?,19-,21?,22?,23+/m0/s1. The molecule has 3 fully saturated rings. The lowest BCUT2D eigenvalue weighted by Crippen LogP contribution is -2.61. The molecule has 1 saturated carbocycles. The molecular formula is C29H40FN5O6. The first-order chi connectivity index (χ1) is 19.1. The Balaban J connectivity index is 1.48. The van der Waals surface area contributed by atoms with E-state index < -0.39 is 58.9 Å². The van der Waals surface area contributed by atoms with Crippen LogP contribution < -0.4 is 26.4 Å². The molecule has 6 atom stereocenters. The molecule has 0 spiro atoms. The van der Waals surface area contributed by atoms with Crippen molar-refractivity contribution in [2.75, 3.05) is 19.7 Å². The molecule has 0 bridgehead atoms. The zero-order valence-electron chi connectivity index (χ0n) is 24.2. The third-order valence-corrected chi connectivity index (χ3v) is 8.71. The highest BCUT2D eigenvalue weighted by Gasteiger charge is 2.69. The van der Waals surface area contributed by atoms with Crippen LogP contribution in [0.1, 0.15) is 47.5 Å². The highest BCUT2D eigenvalue weighted by molar-refractivity contribution is 5.96. The van der Waals surface area contributed by atoms with Gasteiger partial charge in [0.05, 0.1) is 0 Å². The molecule has 1 aliphatic carbocycles. The van der Waals surface area contributed by atoms with Crippen molar-refractivity contribution in [3.8, 4) is 5.75 Å². The molecule has 2 heterocycles. The summed E-state index contributed by atoms with van der Waals surface area (Å²) in [5, 5.41) is 8.20. The van der Waals surface area contributed by atoms with Crippen LogP contribution in [-0.2, 0) is 24.0 Å². The molecule has 12 heteroatoms. The average Bonchev–Trinajstić information content (AvgIpc) is 3.24. The van der Waals surface area contributed by atoms with Gasteiger partial charge < -0.3 is 31.3 Å². The van der Waals surface area contributed by atoms with Gasteiger partial charge in [-0.05, 0) is 59.8 Å². The van der Waals surface area contributed by atoms with Gasteiger partial charge in [0.25, 0.3) is 5.91 Å². The first-order valence-corrected chi connectivity index (χ1v) is 14.0. The van der Waals surface area contributed by atoms with Crippen LogP contribution >= 0.6 is 0 Å². The molecule has 0 radical (unpaired) electrons. The molecule has 3 unspecified atom stereocenters. The predicted molar refractivity (Wildman–Crippen MR) is 146 cm³/mol. The van der Waals surface area contributed by atoms with Crippen molar-refractivity contribution < 1.29 is 33.1 Å². The van der Waals surface area contributed by atoms with E-state index in [1.807, 2.05) is 34.6 Å². The van der Waals surface area contributed by atoms with Crippen molar-refractivity contribution >= 4 is 29.5 Å². The zero-order chi connectivity index (χ0) is 30.3. The van der Waals surface area contributed by atoms with Gasteiger partial charge in [0, 0.05) is 19.0 Å². The Morgan fingerprint density at radius 1 is 1.17 bits per heavy atom. The van der Waals surface area contributed by atoms with Crippen LogP contribution in [0.5, 0.6) is 5.75 Å². The Bertz CT molecular complexity index is 1210. The van der Waals surface area contributed by atoms with Crippen LogP contribution in [-0.4, -0.2) is 72.3 Å². The van der Waals surface area contributed by atoms with Crippen molar-refractivity contribution in [3.63, 3.8) is 0 Å². The normalized spacial score (nSPS) is 25.9. The number of benzene rings is 1. The number of nitrogens with zero attached hydrogens (tertiary/aromatic N) is 1. The maximum absolute atomic E-state index is 14.0. The lowest BCUT2D eigenvalue weighted by molar-refractivity contribution is -0.146. The number of nitrogens with two attached hydrogens (primary N) is 1. The summed E-state index contributed by atoms with van der Waals surface area (Å²) < 4.78 is 18.6. The number of rotatable bonds is 10. The minimum absolute atomic E-state index is 0.0768. The average molecular weight is 574 g/mol. The molecule has 2 aliphatic heterocycles. The van der Waals surface area contributed by atoms with Crippen LogP contribution in [0.15, 0.2) is 24.3 Å². The molecule has 224 valence electrons. The van der Waals surface area contributed by atoms with Crippen LogP contribution in [0.2, 0.25) is 0 Å². The molecule has 1 aromatic carbocycles. The Morgan fingerprint density at radius 2 is 1.83 bits per heavy atom. The van der Waals surface area contributed by atoms with Gasteiger partial charge in [-0.3, -0.25) is 24.0 Å². The van der Waals surface area contributed by atoms with E-state index in [0.717, 1.165) is 0 Å². The number of carbonyl (C=O) groups excluding carboxylic acids is 5. The van der Waals surface area contributed by atoms with Crippen LogP contribution in [0.3, 0.4) is 0 Å². The maximum atomic E-state index is 14.0. The van der Waals surface area contributed by atoms with Gasteiger partial charge in [-0.1, -0.05) is 34.6 Å². The number of likely N-dealkylation sites (tertiary alicyclic amines) is 1. The molecule has 3 aliphatic rings. The number of fused-ring (bicyclic) bond motifs is 1. The van der Waals surface area contributed by atoms with Gasteiger partial charge in [0.1, 0.15) is 29.7 Å². The van der Waals surface area contributed by atoms with E-state index in [1.165, 1.54) is 29.2 Å². The molecule has 41 heavy (non-hydrogen) atoms. The second-order valence-corrected chi connectivity index (χ2v) is 13.0. The quantitative estimate of drug-likeness (QED) is 0.323. The van der Waals surface area contributed by atoms with Gasteiger partial charge in [-0.2, -0.15) is 0 Å². The van der Waals surface area contributed by atoms with E-state index >= 15 is 0 Å². The highest BCUT2D eigenvalue weighted by atomic mass is 19.1. The van der Waals surface area contributed by atoms with Gasteiger partial charge >= 0.3 is 0 Å². The summed E-state index contributed by atoms with van der Waals surface area (Å²) in [7, 11) is 0. The lowest BCUT2D eigenvalue weighted by atomic mass is 9.85. The van der Waals surface area contributed by atoms with Crippen molar-refractivity contribution in [2.24, 2.45) is 34.3 Å². The fourth-order valence-electron chi connectivity index (χ4n) is 6.17. The van der Waals surface area contributed by atoms with E-state index in [4.69, 9.17) is 10.5 Å². The number of hydrogen-bond acceptors (Lipinski definition) is 6. The molecule has 0 aromatic heterocycles. The third kappa shape index (κ3) is 6.46. The van der Waals surface area contributed by atoms with Crippen LogP contribution in [0, 0.1) is 34.4 Å². The molecule has 11 nitrogen and oxygen atoms in total. The van der Waals surface area contributed by atoms with Crippen molar-refractivity contribution in [1.29, 1.82) is 0 Å². The Morgan fingerprint density at radius 3 is 2.39 bits per heavy atom. The Labute approximate surface area is 239 Å². The van der Waals surface area contributed by atoms with Gasteiger partial charge in [0.15, 0.2) is 6.61 Å². The van der Waals surface area contributed by atoms with Crippen LogP contribution in [0.4, 0.5) is 4.39 Å². The van der Waals surface area contributed by atoms with E-state index in [9.17, 15) is 28.4 Å². The summed E-state index contributed by atoms with van der Waals surface area (Å²) in [6.07, 6.45) is 0.627. The number of halogens is 1. The van der Waals surface area contributed by atoms with Gasteiger partial charge in [0.2, 0.25) is 23.6 Å². The van der Waals surface area contributed by atoms with E-state index in [-0.39, 0.29) is 36.2 Å². The predicted octanol–water partition coefficient (Wildman–Crippen LogP) is 0.715. The summed E-state index contributed by atoms with van der Waals surface area (Å²) in [4.78, 5) is 66.3. The van der Waals surface area contributed by atoms with Gasteiger partial charge in [-0.15, -0.1) is 0 Å². The molecular weight excluding hydrogens is 533 g/mol. The van der Waals surface area contributed by atoms with E-state index in [2.05, 4.69) is 16.0 Å². The third-order valence-electron chi connectivity index (χ3n) is 8.71. The minimum atomic E-state index is -1.06. The summed E-state index contributed by atoms with van der Waals surface area (Å²) in [5.74, 6) is -3.01. The van der Waals surface area contributed by atoms with Crippen molar-refractivity contribution in [2.45, 2.75) is 65.6 Å². The highest BCUT2D eigenvalue weighted by Crippen LogP contribution is 2.65. The smallest absolute Gasteiger partial charge is 0.258 e. The van der Waals surface area contributed by atoms with Crippen molar-refractivity contribution in [3.05, 3.63) is 30.1 Å². The number of carbonyl (C=O) groups is 5. The number of hydrogen-bond donors (Lipinski definition) is 4. The van der Waals surface area contributed by atoms with Crippen LogP contribution in [0.25, 0.3) is 0 Å². The number of piperidine rings is 1. The largest absolute Gasteiger partial charge is 0.484 e. The second-order valence-electron chi connectivity index (χ2n) is 13.0. The maximum Gasteiger partial charge on any atom is 0.258 e. The number of nitrogens with one attached hydrogen (secondary N) is 3. The van der Waals surface area contributed by atoms with E-state index in [0.29, 0.717) is 25.3 Å². The first-order valence-electron chi connectivity index (χ1n) is 14.0. The van der Waals surface area contributed by atoms with E-state index in [1.54, 1.807) is 0 Å². The lowest BCUT2D eigenvalue weighted by Gasteiger charge is -2.38. The Hall–Kier alpha value is -3.70. The molecule has 1 aromatic rings. The molecule has 4 rings (SSSR count). The summed E-state index contributed by atoms with van der Waals surface area (Å²) in [5.41, 5.74) is 4.70. The molecule has 2 saturated heterocycles. The number of amides is 5. The SMILES string of the molecule is CC1(C)C2CN(C(=O)[C@@H](NC(=O)COc3ccc(F)cc3)C(C)(C)C)C(C(=O)N[C@@H](C[C@@H]3CCNC3=O)C(N)=O)C21. The minimum Gasteiger partial charge on any atom is -0.484 e. The fraction of sp³-hybridized carbons (Fsp3) is 0.621. The summed E-state index contributed by atoms with van der Waals surface area (Å²) in [6.45, 7) is 9.94. The number of ether oxygens (including phenoxy) is 1. The first kappa shape index (κ1) is 30.3. The monoisotopic (exact) mass is 573 g/mol. The van der Waals surface area contributed by atoms with Crippen molar-refractivity contribution in [1.82, 2.24) is 20.9 Å². The summed E-state index contributed by atoms with van der Waals surface area (Å²) >= 11 is 0. The fourth-order valence-corrected chi connectivity index (χ4v) is 6.17. The number of primary amides is 1. The molecule has 5 amide bonds. The second kappa shape index (κ2) is 11.3. The zero-order valence-corrected chi connectivity index (χ0v) is 24.2.